The lowest BCUT2D eigenvalue weighted by Gasteiger charge is -2.17. The Morgan fingerprint density at radius 2 is 2.05 bits per heavy atom. The summed E-state index contributed by atoms with van der Waals surface area (Å²) in [5.74, 6) is -0.226. The number of para-hydroxylation sites is 1. The van der Waals surface area contributed by atoms with Crippen molar-refractivity contribution in [2.24, 2.45) is 0 Å². The van der Waals surface area contributed by atoms with E-state index in [-0.39, 0.29) is 17.9 Å². The van der Waals surface area contributed by atoms with Crippen LogP contribution in [0.2, 0.25) is 0 Å². The van der Waals surface area contributed by atoms with Crippen molar-refractivity contribution in [3.8, 4) is 0 Å². The summed E-state index contributed by atoms with van der Waals surface area (Å²) < 4.78 is 0. The number of anilines is 1. The molecule has 3 rings (SSSR count). The number of hydrogen-bond donors (Lipinski definition) is 3. The number of carbonyl (C=O) groups is 2. The minimum atomic E-state index is -0.492. The van der Waals surface area contributed by atoms with Gasteiger partial charge in [-0.05, 0) is 31.4 Å². The van der Waals surface area contributed by atoms with Crippen LogP contribution in [0.1, 0.15) is 25.3 Å². The topological polar surface area (TPSA) is 70.2 Å². The Morgan fingerprint density at radius 3 is 2.75 bits per heavy atom. The summed E-state index contributed by atoms with van der Waals surface area (Å²) in [6.07, 6.45) is 2.76. The maximum atomic E-state index is 12.2. The van der Waals surface area contributed by atoms with E-state index < -0.39 is 6.04 Å². The van der Waals surface area contributed by atoms with Gasteiger partial charge in [-0.3, -0.25) is 9.59 Å². The predicted octanol–water partition coefficient (Wildman–Crippen LogP) is 0.806. The van der Waals surface area contributed by atoms with Crippen LogP contribution < -0.4 is 16.0 Å². The van der Waals surface area contributed by atoms with Crippen molar-refractivity contribution in [3.63, 3.8) is 0 Å². The normalized spacial score (nSPS) is 21.6. The highest BCUT2D eigenvalue weighted by atomic mass is 16.2. The molecule has 0 radical (unpaired) electrons. The third kappa shape index (κ3) is 2.76. The lowest BCUT2D eigenvalue weighted by molar-refractivity contribution is -0.129. The highest BCUT2D eigenvalue weighted by Gasteiger charge is 2.30. The second kappa shape index (κ2) is 5.15. The Hall–Kier alpha value is -2.04. The average molecular weight is 273 g/mol. The first-order valence-corrected chi connectivity index (χ1v) is 7.08. The molecular formula is C15H19N3O2. The van der Waals surface area contributed by atoms with E-state index in [0.717, 1.165) is 24.1 Å². The summed E-state index contributed by atoms with van der Waals surface area (Å²) in [4.78, 5) is 24.0. The van der Waals surface area contributed by atoms with Crippen molar-refractivity contribution in [2.45, 2.75) is 44.3 Å². The Morgan fingerprint density at radius 1 is 1.30 bits per heavy atom. The summed E-state index contributed by atoms with van der Waals surface area (Å²) in [5.41, 5.74) is 2.14. The second-order valence-electron chi connectivity index (χ2n) is 5.57. The molecule has 1 aromatic rings. The SMILES string of the molecule is CC(NC(=O)C1Cc2ccccc2N1)C(=O)NC1CC1. The Labute approximate surface area is 118 Å². The fourth-order valence-corrected chi connectivity index (χ4v) is 2.39. The van der Waals surface area contributed by atoms with Crippen molar-refractivity contribution < 1.29 is 9.59 Å². The maximum absolute atomic E-state index is 12.2. The van der Waals surface area contributed by atoms with Gasteiger partial charge in [0, 0.05) is 18.2 Å². The quantitative estimate of drug-likeness (QED) is 0.760. The molecule has 20 heavy (non-hydrogen) atoms. The predicted molar refractivity (Wildman–Crippen MR) is 76.3 cm³/mol. The summed E-state index contributed by atoms with van der Waals surface area (Å²) in [5, 5.41) is 8.86. The molecule has 0 aromatic heterocycles. The van der Waals surface area contributed by atoms with Gasteiger partial charge in [-0.25, -0.2) is 0 Å². The van der Waals surface area contributed by atoms with Gasteiger partial charge in [-0.15, -0.1) is 0 Å². The molecule has 2 aliphatic rings. The zero-order valence-corrected chi connectivity index (χ0v) is 11.5. The molecule has 1 heterocycles. The van der Waals surface area contributed by atoms with Gasteiger partial charge in [0.2, 0.25) is 11.8 Å². The van der Waals surface area contributed by atoms with Crippen LogP contribution >= 0.6 is 0 Å². The highest BCUT2D eigenvalue weighted by Crippen LogP contribution is 2.25. The van der Waals surface area contributed by atoms with E-state index >= 15 is 0 Å². The van der Waals surface area contributed by atoms with Gasteiger partial charge in [0.1, 0.15) is 12.1 Å². The molecule has 0 spiro atoms. The first-order chi connectivity index (χ1) is 9.63. The molecule has 2 amide bonds. The van der Waals surface area contributed by atoms with Crippen molar-refractivity contribution in [3.05, 3.63) is 29.8 Å². The van der Waals surface area contributed by atoms with E-state index in [9.17, 15) is 9.59 Å². The standard InChI is InChI=1S/C15H19N3O2/c1-9(14(19)17-11-6-7-11)16-15(20)13-8-10-4-2-3-5-12(10)18-13/h2-5,9,11,13,18H,6-8H2,1H3,(H,16,20)(H,17,19). The molecule has 2 unspecified atom stereocenters. The number of benzene rings is 1. The lowest BCUT2D eigenvalue weighted by atomic mass is 10.1. The minimum Gasteiger partial charge on any atom is -0.373 e. The fourth-order valence-electron chi connectivity index (χ4n) is 2.39. The van der Waals surface area contributed by atoms with E-state index in [1.54, 1.807) is 6.92 Å². The van der Waals surface area contributed by atoms with Gasteiger partial charge in [-0.1, -0.05) is 18.2 Å². The summed E-state index contributed by atoms with van der Waals surface area (Å²) in [6, 6.07) is 7.42. The van der Waals surface area contributed by atoms with E-state index in [0.29, 0.717) is 12.5 Å². The average Bonchev–Trinajstić information content (AvgIpc) is 3.13. The van der Waals surface area contributed by atoms with Crippen LogP contribution in [0, 0.1) is 0 Å². The van der Waals surface area contributed by atoms with E-state index in [2.05, 4.69) is 16.0 Å². The van der Waals surface area contributed by atoms with Crippen LogP contribution in [0.5, 0.6) is 0 Å². The molecule has 0 saturated heterocycles. The number of carbonyl (C=O) groups excluding carboxylic acids is 2. The molecular weight excluding hydrogens is 254 g/mol. The molecule has 1 saturated carbocycles. The Balaban J connectivity index is 1.53. The first kappa shape index (κ1) is 13.0. The summed E-state index contributed by atoms with van der Waals surface area (Å²) >= 11 is 0. The van der Waals surface area contributed by atoms with E-state index in [1.165, 1.54) is 0 Å². The largest absolute Gasteiger partial charge is 0.373 e. The van der Waals surface area contributed by atoms with Gasteiger partial charge >= 0.3 is 0 Å². The van der Waals surface area contributed by atoms with Crippen LogP contribution in [0.4, 0.5) is 5.69 Å². The van der Waals surface area contributed by atoms with Crippen molar-refractivity contribution in [2.75, 3.05) is 5.32 Å². The molecule has 0 bridgehead atoms. The van der Waals surface area contributed by atoms with E-state index in [1.807, 2.05) is 24.3 Å². The summed E-state index contributed by atoms with van der Waals surface area (Å²) in [7, 11) is 0. The molecule has 1 aromatic carbocycles. The molecule has 1 aliphatic heterocycles. The Kier molecular flexibility index (Phi) is 3.34. The second-order valence-corrected chi connectivity index (χ2v) is 5.57. The van der Waals surface area contributed by atoms with Gasteiger partial charge in [0.15, 0.2) is 0 Å². The van der Waals surface area contributed by atoms with Gasteiger partial charge in [-0.2, -0.15) is 0 Å². The molecule has 106 valence electrons. The van der Waals surface area contributed by atoms with Gasteiger partial charge in [0.05, 0.1) is 0 Å². The lowest BCUT2D eigenvalue weighted by Crippen LogP contribution is -2.49. The third-order valence-electron chi connectivity index (χ3n) is 3.76. The molecule has 1 aliphatic carbocycles. The van der Waals surface area contributed by atoms with Crippen LogP contribution in [0.15, 0.2) is 24.3 Å². The monoisotopic (exact) mass is 273 g/mol. The molecule has 5 heteroatoms. The summed E-state index contributed by atoms with van der Waals surface area (Å²) in [6.45, 7) is 1.72. The van der Waals surface area contributed by atoms with Crippen LogP contribution in [-0.4, -0.2) is 29.9 Å². The minimum absolute atomic E-state index is 0.101. The van der Waals surface area contributed by atoms with Crippen LogP contribution in [0.25, 0.3) is 0 Å². The zero-order chi connectivity index (χ0) is 14.1. The van der Waals surface area contributed by atoms with Crippen LogP contribution in [-0.2, 0) is 16.0 Å². The number of hydrogen-bond acceptors (Lipinski definition) is 3. The van der Waals surface area contributed by atoms with Crippen molar-refractivity contribution in [1.82, 2.24) is 10.6 Å². The zero-order valence-electron chi connectivity index (χ0n) is 11.5. The van der Waals surface area contributed by atoms with Gasteiger partial charge < -0.3 is 16.0 Å². The molecule has 3 N–H and O–H groups in total. The number of fused-ring (bicyclic) bond motifs is 1. The van der Waals surface area contributed by atoms with Crippen LogP contribution in [0.3, 0.4) is 0 Å². The number of amides is 2. The fraction of sp³-hybridized carbons (Fsp3) is 0.467. The van der Waals surface area contributed by atoms with Crippen molar-refractivity contribution in [1.29, 1.82) is 0 Å². The Bertz CT molecular complexity index is 515. The molecule has 2 atom stereocenters. The number of nitrogens with one attached hydrogen (secondary N) is 3. The first-order valence-electron chi connectivity index (χ1n) is 7.08. The van der Waals surface area contributed by atoms with Gasteiger partial charge in [0.25, 0.3) is 0 Å². The van der Waals surface area contributed by atoms with E-state index in [4.69, 9.17) is 0 Å². The third-order valence-corrected chi connectivity index (χ3v) is 3.76. The van der Waals surface area contributed by atoms with Crippen molar-refractivity contribution >= 4 is 17.5 Å². The smallest absolute Gasteiger partial charge is 0.243 e. The highest BCUT2D eigenvalue weighted by molar-refractivity contribution is 5.92. The maximum Gasteiger partial charge on any atom is 0.243 e. The molecule has 5 nitrogen and oxygen atoms in total. The molecule has 1 fully saturated rings. The number of rotatable bonds is 4.